The van der Waals surface area contributed by atoms with Crippen LogP contribution in [0.5, 0.6) is 0 Å². The van der Waals surface area contributed by atoms with Crippen LogP contribution in [0.4, 0.5) is 0 Å². The van der Waals surface area contributed by atoms with Gasteiger partial charge in [-0.05, 0) is 12.5 Å². The molecule has 0 spiro atoms. The number of aliphatic carboxylic acids is 1. The van der Waals surface area contributed by atoms with Gasteiger partial charge in [-0.2, -0.15) is 0 Å². The Labute approximate surface area is 108 Å². The molecule has 1 aromatic carbocycles. The van der Waals surface area contributed by atoms with Gasteiger partial charge in [-0.1, -0.05) is 29.8 Å². The van der Waals surface area contributed by atoms with E-state index in [4.69, 9.17) is 5.11 Å². The highest BCUT2D eigenvalue weighted by atomic mass is 32.2. The van der Waals surface area contributed by atoms with Crippen LogP contribution in [0.2, 0.25) is 0 Å². The van der Waals surface area contributed by atoms with Gasteiger partial charge in [0.1, 0.15) is 11.5 Å². The first kappa shape index (κ1) is 14.4. The molecule has 1 atom stereocenters. The Morgan fingerprint density at radius 3 is 2.39 bits per heavy atom. The van der Waals surface area contributed by atoms with Crippen molar-refractivity contribution in [1.82, 2.24) is 5.32 Å². The monoisotopic (exact) mass is 269 g/mol. The summed E-state index contributed by atoms with van der Waals surface area (Å²) in [5, 5.41) is 11.0. The summed E-state index contributed by atoms with van der Waals surface area (Å²) in [5.41, 5.74) is 2.07. The maximum absolute atomic E-state index is 11.4. The van der Waals surface area contributed by atoms with Crippen LogP contribution in [0.1, 0.15) is 11.1 Å². The number of carboxylic acids is 1. The molecule has 0 saturated heterocycles. The van der Waals surface area contributed by atoms with Gasteiger partial charge in [-0.25, -0.2) is 0 Å². The zero-order chi connectivity index (χ0) is 13.5. The van der Waals surface area contributed by atoms with Crippen LogP contribution in [0, 0.1) is 6.92 Å². The van der Waals surface area contributed by atoms with Crippen molar-refractivity contribution in [2.24, 2.45) is 0 Å². The molecule has 0 aliphatic carbocycles. The van der Waals surface area contributed by atoms with Crippen LogP contribution in [-0.2, 0) is 26.9 Å². The molecule has 2 N–H and O–H groups in total. The highest BCUT2D eigenvalue weighted by molar-refractivity contribution is 7.86. The molecule has 0 heterocycles. The first-order chi connectivity index (χ1) is 8.47. The van der Waals surface area contributed by atoms with Crippen molar-refractivity contribution in [1.29, 1.82) is 0 Å². The van der Waals surface area contributed by atoms with Crippen LogP contribution in [0.15, 0.2) is 24.3 Å². The first-order valence-electron chi connectivity index (χ1n) is 5.36. The molecule has 1 amide bonds. The Balaban J connectivity index is 2.35. The molecule has 6 heteroatoms. The third-order valence-electron chi connectivity index (χ3n) is 2.19. The molecule has 0 aliphatic rings. The molecule has 98 valence electrons. The molecule has 1 rings (SSSR count). The summed E-state index contributed by atoms with van der Waals surface area (Å²) < 4.78 is 11.2. The number of hydrogen-bond acceptors (Lipinski definition) is 3. The predicted octanol–water partition coefficient (Wildman–Crippen LogP) is 0.445. The number of carbonyl (C=O) groups is 2. The Morgan fingerprint density at radius 2 is 1.83 bits per heavy atom. The van der Waals surface area contributed by atoms with E-state index in [2.05, 4.69) is 5.32 Å². The molecule has 18 heavy (non-hydrogen) atoms. The van der Waals surface area contributed by atoms with Crippen LogP contribution in [-0.4, -0.2) is 32.7 Å². The highest BCUT2D eigenvalue weighted by Crippen LogP contribution is 2.02. The lowest BCUT2D eigenvalue weighted by Crippen LogP contribution is -2.29. The summed E-state index contributed by atoms with van der Waals surface area (Å²) in [6, 6.07) is 7.65. The average Bonchev–Trinajstić information content (AvgIpc) is 2.27. The molecule has 0 fully saturated rings. The molecule has 0 saturated carbocycles. The zero-order valence-electron chi connectivity index (χ0n) is 10.0. The minimum atomic E-state index is -1.65. The minimum Gasteiger partial charge on any atom is -0.481 e. The summed E-state index contributed by atoms with van der Waals surface area (Å²) in [7, 11) is -1.65. The van der Waals surface area contributed by atoms with Crippen LogP contribution < -0.4 is 5.32 Å². The second kappa shape index (κ2) is 6.90. The molecule has 0 radical (unpaired) electrons. The van der Waals surface area contributed by atoms with E-state index in [9.17, 15) is 13.8 Å². The summed E-state index contributed by atoms with van der Waals surface area (Å²) >= 11 is 0. The number of amides is 1. The van der Waals surface area contributed by atoms with E-state index < -0.39 is 28.4 Å². The van der Waals surface area contributed by atoms with E-state index in [1.807, 2.05) is 31.2 Å². The van der Waals surface area contributed by atoms with E-state index >= 15 is 0 Å². The van der Waals surface area contributed by atoms with Gasteiger partial charge in [0.25, 0.3) is 0 Å². The Kier molecular flexibility index (Phi) is 5.51. The van der Waals surface area contributed by atoms with Crippen LogP contribution >= 0.6 is 0 Å². The SMILES string of the molecule is Cc1ccc(CNC(=O)CS(=O)CC(=O)O)cc1. The summed E-state index contributed by atoms with van der Waals surface area (Å²) in [6.07, 6.45) is 0. The summed E-state index contributed by atoms with van der Waals surface area (Å²) in [6.45, 7) is 2.32. The fourth-order valence-corrected chi connectivity index (χ4v) is 2.06. The lowest BCUT2D eigenvalue weighted by atomic mass is 10.1. The van der Waals surface area contributed by atoms with Crippen molar-refractivity contribution in [3.8, 4) is 0 Å². The van der Waals surface area contributed by atoms with Crippen molar-refractivity contribution in [3.63, 3.8) is 0 Å². The normalized spacial score (nSPS) is 11.8. The summed E-state index contributed by atoms with van der Waals surface area (Å²) in [4.78, 5) is 21.7. The van der Waals surface area contributed by atoms with Gasteiger partial charge in [-0.15, -0.1) is 0 Å². The maximum Gasteiger partial charge on any atom is 0.316 e. The number of benzene rings is 1. The second-order valence-electron chi connectivity index (χ2n) is 3.88. The van der Waals surface area contributed by atoms with Crippen LogP contribution in [0.3, 0.4) is 0 Å². The van der Waals surface area contributed by atoms with Crippen molar-refractivity contribution >= 4 is 22.7 Å². The van der Waals surface area contributed by atoms with Gasteiger partial charge in [-0.3, -0.25) is 13.8 Å². The van der Waals surface area contributed by atoms with Crippen molar-refractivity contribution in [3.05, 3.63) is 35.4 Å². The smallest absolute Gasteiger partial charge is 0.316 e. The Bertz CT molecular complexity index is 456. The quantitative estimate of drug-likeness (QED) is 0.785. The lowest BCUT2D eigenvalue weighted by Gasteiger charge is -2.05. The second-order valence-corrected chi connectivity index (χ2v) is 5.34. The number of aryl methyl sites for hydroxylation is 1. The number of nitrogens with one attached hydrogen (secondary N) is 1. The highest BCUT2D eigenvalue weighted by Gasteiger charge is 2.10. The molecule has 1 unspecified atom stereocenters. The molecule has 0 aromatic heterocycles. The fraction of sp³-hybridized carbons (Fsp3) is 0.333. The molecule has 1 aromatic rings. The van der Waals surface area contributed by atoms with Crippen LogP contribution in [0.25, 0.3) is 0 Å². The fourth-order valence-electron chi connectivity index (χ4n) is 1.29. The van der Waals surface area contributed by atoms with E-state index in [0.717, 1.165) is 11.1 Å². The lowest BCUT2D eigenvalue weighted by molar-refractivity contribution is -0.133. The van der Waals surface area contributed by atoms with Gasteiger partial charge >= 0.3 is 5.97 Å². The minimum absolute atomic E-state index is 0.280. The molecular weight excluding hydrogens is 254 g/mol. The van der Waals surface area contributed by atoms with Crippen molar-refractivity contribution in [2.45, 2.75) is 13.5 Å². The molecular formula is C12H15NO4S. The predicted molar refractivity (Wildman–Crippen MR) is 68.5 cm³/mol. The van der Waals surface area contributed by atoms with E-state index in [1.54, 1.807) is 0 Å². The van der Waals surface area contributed by atoms with Gasteiger partial charge < -0.3 is 10.4 Å². The Hall–Kier alpha value is -1.69. The van der Waals surface area contributed by atoms with Gasteiger partial charge in [0.2, 0.25) is 5.91 Å². The number of carboxylic acid groups (broad SMARTS) is 1. The van der Waals surface area contributed by atoms with Crippen molar-refractivity contribution < 1.29 is 18.9 Å². The van der Waals surface area contributed by atoms with Gasteiger partial charge in [0.15, 0.2) is 0 Å². The first-order valence-corrected chi connectivity index (χ1v) is 6.85. The zero-order valence-corrected chi connectivity index (χ0v) is 10.8. The third-order valence-corrected chi connectivity index (χ3v) is 3.34. The maximum atomic E-state index is 11.4. The van der Waals surface area contributed by atoms with E-state index in [0.29, 0.717) is 6.54 Å². The Morgan fingerprint density at radius 1 is 1.22 bits per heavy atom. The largest absolute Gasteiger partial charge is 0.481 e. The molecule has 0 aliphatic heterocycles. The van der Waals surface area contributed by atoms with Crippen molar-refractivity contribution in [2.75, 3.05) is 11.5 Å². The molecule has 5 nitrogen and oxygen atoms in total. The van der Waals surface area contributed by atoms with Gasteiger partial charge in [0, 0.05) is 17.3 Å². The van der Waals surface area contributed by atoms with Gasteiger partial charge in [0.05, 0.1) is 0 Å². The molecule has 0 bridgehead atoms. The van der Waals surface area contributed by atoms with E-state index in [1.165, 1.54) is 0 Å². The summed E-state index contributed by atoms with van der Waals surface area (Å²) in [5.74, 6) is -2.36. The third kappa shape index (κ3) is 5.58. The number of rotatable bonds is 6. The number of hydrogen-bond donors (Lipinski definition) is 2. The average molecular weight is 269 g/mol. The standard InChI is InChI=1S/C12H15NO4S/c1-9-2-4-10(5-3-9)6-13-11(14)7-18(17)8-12(15)16/h2-5H,6-8H2,1H3,(H,13,14)(H,15,16). The number of carbonyl (C=O) groups excluding carboxylic acids is 1. The topological polar surface area (TPSA) is 83.5 Å². The van der Waals surface area contributed by atoms with E-state index in [-0.39, 0.29) is 5.75 Å².